The third-order valence-electron chi connectivity index (χ3n) is 9.26. The molecule has 0 fully saturated rings. The molecule has 1 atom stereocenters. The van der Waals surface area contributed by atoms with Crippen LogP contribution in [0.1, 0.15) is 34.7 Å². The summed E-state index contributed by atoms with van der Waals surface area (Å²) in [5.41, 5.74) is -0.211. The van der Waals surface area contributed by atoms with Crippen LogP contribution in [0.15, 0.2) is 119 Å². The number of halogens is 9. The molecule has 21 heteroatoms. The molecule has 5 aromatic carbocycles. The highest BCUT2D eigenvalue weighted by Crippen LogP contribution is 2.34. The molecule has 0 aliphatic rings. The third-order valence-corrected chi connectivity index (χ3v) is 11.7. The molecular formula is C49H49F9O10S2. The fourth-order valence-corrected chi connectivity index (χ4v) is 7.84. The molecule has 0 aliphatic carbocycles. The summed E-state index contributed by atoms with van der Waals surface area (Å²) in [6, 6.07) is 25.2. The summed E-state index contributed by atoms with van der Waals surface area (Å²) in [6.07, 6.45) is -12.7. The lowest BCUT2D eigenvalue weighted by Crippen LogP contribution is -2.22. The molecule has 5 rings (SSSR count). The lowest BCUT2D eigenvalue weighted by molar-refractivity contribution is -0.193. The van der Waals surface area contributed by atoms with Gasteiger partial charge in [0.05, 0.1) is 57.3 Å². The molecule has 0 saturated carbocycles. The number of methoxy groups -OCH3 is 2. The summed E-state index contributed by atoms with van der Waals surface area (Å²) in [6.45, 7) is 7.60. The maximum absolute atomic E-state index is 12.8. The van der Waals surface area contributed by atoms with E-state index >= 15 is 0 Å². The number of hydrogen-bond acceptors (Lipinski definition) is 12. The Labute approximate surface area is 407 Å². The third kappa shape index (κ3) is 22.5. The van der Waals surface area contributed by atoms with Crippen LogP contribution in [0.3, 0.4) is 0 Å². The first-order valence-electron chi connectivity index (χ1n) is 20.6. The van der Waals surface area contributed by atoms with Crippen LogP contribution in [-0.4, -0.2) is 71.1 Å². The lowest BCUT2D eigenvalue weighted by Gasteiger charge is -2.19. The molecule has 0 aliphatic heterocycles. The molecule has 1 unspecified atom stereocenters. The molecule has 0 aromatic heterocycles. The minimum Gasteiger partial charge on any atom is -0.496 e. The zero-order valence-electron chi connectivity index (χ0n) is 38.3. The van der Waals surface area contributed by atoms with Crippen molar-refractivity contribution in [1.29, 1.82) is 0 Å². The number of rotatable bonds is 20. The molecule has 0 amide bonds. The highest BCUT2D eigenvalue weighted by Gasteiger charge is 2.32. The smallest absolute Gasteiger partial charge is 0.416 e. The van der Waals surface area contributed by atoms with Gasteiger partial charge in [-0.05, 0) is 141 Å². The molecule has 0 radical (unpaired) electrons. The quantitative estimate of drug-likeness (QED) is 0.0544. The van der Waals surface area contributed by atoms with Crippen molar-refractivity contribution < 1.29 is 87.1 Å². The van der Waals surface area contributed by atoms with Gasteiger partial charge in [-0.15, -0.1) is 23.5 Å². The fourth-order valence-electron chi connectivity index (χ4n) is 5.75. The standard InChI is InChI=1S/C26H24F6O3S.C21H25F3O3S.2CO2/c1-17-13-23(11-12-24(17)33-2)36-16-18(14-34-21-7-3-19(4-8-21)25(27,28)29)15-35-22-9-5-20(6-10-22)26(30,31)32;1-4-26-12-16(14-28-19-9-10-20(25-3)15(2)11-19)13-27-18-7-5-17(6-8-18)21(22,23)24;2*2-1-3/h3-13,18H,14-16H2,1-2H3;5-11,16H,4,12-14H2,1-3H3;;. The van der Waals surface area contributed by atoms with Crippen LogP contribution in [0.5, 0.6) is 28.7 Å². The summed E-state index contributed by atoms with van der Waals surface area (Å²) >= 11 is 3.22. The maximum Gasteiger partial charge on any atom is 0.416 e. The van der Waals surface area contributed by atoms with Crippen LogP contribution in [0.25, 0.3) is 0 Å². The van der Waals surface area contributed by atoms with E-state index in [0.717, 1.165) is 74.6 Å². The second-order valence-electron chi connectivity index (χ2n) is 14.4. The molecule has 0 heterocycles. The fraction of sp³-hybridized carbons (Fsp3) is 0.347. The molecule has 0 N–H and O–H groups in total. The van der Waals surface area contributed by atoms with E-state index in [1.54, 1.807) is 26.0 Å². The summed E-state index contributed by atoms with van der Waals surface area (Å²) in [5, 5.41) is 0. The van der Waals surface area contributed by atoms with Crippen LogP contribution in [0.4, 0.5) is 39.5 Å². The van der Waals surface area contributed by atoms with Crippen molar-refractivity contribution in [2.75, 3.05) is 58.8 Å². The monoisotopic (exact) mass is 1030 g/mol. The number of ether oxygens (including phenoxy) is 6. The average molecular weight is 1030 g/mol. The SMILES string of the molecule is CCOCC(COc1ccc(C(F)(F)F)cc1)CSc1ccc(OC)c(C)c1.COc1ccc(SCC(COc2ccc(C(F)(F)F)cc2)COc2ccc(C(F)(F)F)cc2)cc1C.O=C=O.O=C=O. The molecule has 70 heavy (non-hydrogen) atoms. The number of alkyl halides is 9. The highest BCUT2D eigenvalue weighted by molar-refractivity contribution is 7.99. The molecule has 5 aromatic rings. The molecule has 0 spiro atoms. The second kappa shape index (κ2) is 30.5. The molecule has 380 valence electrons. The Kier molecular flexibility index (Phi) is 26.1. The Morgan fingerprint density at radius 2 is 0.757 bits per heavy atom. The summed E-state index contributed by atoms with van der Waals surface area (Å²) in [5.74, 6) is 3.75. The lowest BCUT2D eigenvalue weighted by atomic mass is 10.2. The van der Waals surface area contributed by atoms with Gasteiger partial charge in [-0.3, -0.25) is 0 Å². The molecule has 0 saturated heterocycles. The van der Waals surface area contributed by atoms with Gasteiger partial charge in [0, 0.05) is 39.7 Å². The Balaban J connectivity index is 0.000000442. The van der Waals surface area contributed by atoms with Crippen molar-refractivity contribution in [3.8, 4) is 28.7 Å². The van der Waals surface area contributed by atoms with Crippen LogP contribution < -0.4 is 23.7 Å². The van der Waals surface area contributed by atoms with Crippen molar-refractivity contribution in [3.05, 3.63) is 137 Å². The van der Waals surface area contributed by atoms with Gasteiger partial charge in [0.1, 0.15) is 28.7 Å². The highest BCUT2D eigenvalue weighted by atomic mass is 32.2. The topological polar surface area (TPSA) is 124 Å². The van der Waals surface area contributed by atoms with E-state index in [0.29, 0.717) is 31.3 Å². The van der Waals surface area contributed by atoms with Crippen LogP contribution in [0.2, 0.25) is 0 Å². The van der Waals surface area contributed by atoms with Gasteiger partial charge < -0.3 is 28.4 Å². The zero-order chi connectivity index (χ0) is 52.3. The summed E-state index contributed by atoms with van der Waals surface area (Å²) in [7, 11) is 3.23. The van der Waals surface area contributed by atoms with Gasteiger partial charge in [0.2, 0.25) is 0 Å². The summed E-state index contributed by atoms with van der Waals surface area (Å²) in [4.78, 5) is 34.6. The predicted octanol–water partition coefficient (Wildman–Crippen LogP) is 12.6. The van der Waals surface area contributed by atoms with Crippen molar-refractivity contribution >= 4 is 35.8 Å². The first-order chi connectivity index (χ1) is 33.1. The Morgan fingerprint density at radius 3 is 1.00 bits per heavy atom. The number of benzene rings is 5. The Bertz CT molecular complexity index is 2280. The van der Waals surface area contributed by atoms with E-state index in [1.165, 1.54) is 48.2 Å². The van der Waals surface area contributed by atoms with Crippen molar-refractivity contribution in [1.82, 2.24) is 0 Å². The summed E-state index contributed by atoms with van der Waals surface area (Å²) < 4.78 is 148. The first-order valence-corrected chi connectivity index (χ1v) is 22.6. The van der Waals surface area contributed by atoms with Gasteiger partial charge in [-0.25, -0.2) is 0 Å². The van der Waals surface area contributed by atoms with Gasteiger partial charge in [-0.1, -0.05) is 0 Å². The average Bonchev–Trinajstić information content (AvgIpc) is 3.31. The van der Waals surface area contributed by atoms with Crippen molar-refractivity contribution in [2.24, 2.45) is 11.8 Å². The number of thioether (sulfide) groups is 2. The van der Waals surface area contributed by atoms with E-state index in [-0.39, 0.29) is 48.9 Å². The number of carbonyl (C=O) groups excluding carboxylic acids is 4. The largest absolute Gasteiger partial charge is 0.496 e. The van der Waals surface area contributed by atoms with Crippen LogP contribution >= 0.6 is 23.5 Å². The van der Waals surface area contributed by atoms with E-state index in [2.05, 4.69) is 6.07 Å². The first kappa shape index (κ1) is 60.0. The van der Waals surface area contributed by atoms with E-state index in [1.807, 2.05) is 51.1 Å². The number of aryl methyl sites for hydroxylation is 2. The minimum atomic E-state index is -4.44. The van der Waals surface area contributed by atoms with Gasteiger partial charge in [-0.2, -0.15) is 58.7 Å². The van der Waals surface area contributed by atoms with E-state index in [9.17, 15) is 39.5 Å². The van der Waals surface area contributed by atoms with E-state index in [4.69, 9.17) is 47.6 Å². The number of hydrogen-bond donors (Lipinski definition) is 0. The van der Waals surface area contributed by atoms with Gasteiger partial charge >= 0.3 is 30.8 Å². The molecule has 10 nitrogen and oxygen atoms in total. The molecule has 0 bridgehead atoms. The van der Waals surface area contributed by atoms with Crippen molar-refractivity contribution in [2.45, 2.75) is 49.1 Å². The zero-order valence-corrected chi connectivity index (χ0v) is 39.9. The normalized spacial score (nSPS) is 11.5. The van der Waals surface area contributed by atoms with E-state index < -0.39 is 35.2 Å². The second-order valence-corrected chi connectivity index (χ2v) is 16.6. The minimum absolute atomic E-state index is 0.106. The predicted molar refractivity (Wildman–Crippen MR) is 241 cm³/mol. The molecular weight excluding hydrogens is 984 g/mol. The Morgan fingerprint density at radius 1 is 0.471 bits per heavy atom. The van der Waals surface area contributed by atoms with Crippen LogP contribution in [0, 0.1) is 25.7 Å². The van der Waals surface area contributed by atoms with Crippen LogP contribution in [-0.2, 0) is 42.4 Å². The Hall–Kier alpha value is -6.11. The van der Waals surface area contributed by atoms with Gasteiger partial charge in [0.15, 0.2) is 0 Å². The van der Waals surface area contributed by atoms with Gasteiger partial charge in [0.25, 0.3) is 0 Å². The van der Waals surface area contributed by atoms with Crippen molar-refractivity contribution in [3.63, 3.8) is 0 Å². The maximum atomic E-state index is 12.8.